The first-order chi connectivity index (χ1) is 7.45. The van der Waals surface area contributed by atoms with Gasteiger partial charge in [-0.2, -0.15) is 0 Å². The Hall–Kier alpha value is -0.0900. The Morgan fingerprint density at radius 3 is 2.56 bits per heavy atom. The molecule has 0 amide bonds. The van der Waals surface area contributed by atoms with Crippen molar-refractivity contribution in [2.75, 3.05) is 12.3 Å². The van der Waals surface area contributed by atoms with Gasteiger partial charge in [-0.3, -0.25) is 0 Å². The van der Waals surface area contributed by atoms with Gasteiger partial charge in [-0.25, -0.2) is 8.42 Å². The van der Waals surface area contributed by atoms with Gasteiger partial charge in [0.15, 0.2) is 9.84 Å². The second-order valence-corrected chi connectivity index (χ2v) is 7.59. The number of hydrogen-bond acceptors (Lipinski definition) is 3. The molecule has 2 atom stereocenters. The molecule has 1 rings (SSSR count). The molecule has 0 aromatic rings. The Bertz CT molecular complexity index is 296. The summed E-state index contributed by atoms with van der Waals surface area (Å²) in [7, 11) is -2.87. The van der Waals surface area contributed by atoms with Crippen molar-refractivity contribution in [1.82, 2.24) is 5.32 Å². The van der Waals surface area contributed by atoms with E-state index in [9.17, 15) is 8.42 Å². The van der Waals surface area contributed by atoms with Crippen molar-refractivity contribution < 1.29 is 8.42 Å². The van der Waals surface area contributed by atoms with Crippen LogP contribution in [-0.4, -0.2) is 32.0 Å². The van der Waals surface area contributed by atoms with Crippen LogP contribution in [0.15, 0.2) is 0 Å². The molecule has 0 radical (unpaired) electrons. The van der Waals surface area contributed by atoms with E-state index >= 15 is 0 Å². The summed E-state index contributed by atoms with van der Waals surface area (Å²) in [5.74, 6) is 0.584. The first-order valence-electron chi connectivity index (χ1n) is 6.40. The Kier molecular flexibility index (Phi) is 5.25. The topological polar surface area (TPSA) is 46.2 Å². The standard InChI is InChI=1S/C12H25NO2S/c1-4-13-11-6-5-7-12(8-11)16(14,15)9-10(2)3/h10-13H,4-9H2,1-3H3. The fourth-order valence-electron chi connectivity index (χ4n) is 2.55. The maximum absolute atomic E-state index is 12.1. The molecule has 16 heavy (non-hydrogen) atoms. The second-order valence-electron chi connectivity index (χ2n) is 5.27. The van der Waals surface area contributed by atoms with Crippen molar-refractivity contribution in [1.29, 1.82) is 0 Å². The third-order valence-electron chi connectivity index (χ3n) is 3.19. The summed E-state index contributed by atoms with van der Waals surface area (Å²) in [5.41, 5.74) is 0. The summed E-state index contributed by atoms with van der Waals surface area (Å²) in [4.78, 5) is 0. The maximum atomic E-state index is 12.1. The monoisotopic (exact) mass is 247 g/mol. The molecule has 4 heteroatoms. The lowest BCUT2D eigenvalue weighted by Crippen LogP contribution is -2.40. The zero-order chi connectivity index (χ0) is 12.2. The molecule has 0 spiro atoms. The number of sulfone groups is 1. The summed E-state index contributed by atoms with van der Waals surface area (Å²) in [6.07, 6.45) is 3.83. The number of hydrogen-bond donors (Lipinski definition) is 1. The quantitative estimate of drug-likeness (QED) is 0.808. The van der Waals surface area contributed by atoms with Crippen LogP contribution in [0.25, 0.3) is 0 Å². The molecule has 2 unspecified atom stereocenters. The molecule has 0 heterocycles. The molecule has 3 nitrogen and oxygen atoms in total. The van der Waals surface area contributed by atoms with Crippen molar-refractivity contribution in [3.8, 4) is 0 Å². The molecule has 1 aliphatic rings. The van der Waals surface area contributed by atoms with Gasteiger partial charge in [-0.05, 0) is 31.7 Å². The van der Waals surface area contributed by atoms with Crippen LogP contribution in [0.1, 0.15) is 46.5 Å². The smallest absolute Gasteiger partial charge is 0.153 e. The van der Waals surface area contributed by atoms with E-state index in [0.717, 1.165) is 32.2 Å². The summed E-state index contributed by atoms with van der Waals surface area (Å²) >= 11 is 0. The lowest BCUT2D eigenvalue weighted by molar-refractivity contribution is 0.376. The third kappa shape index (κ3) is 4.06. The van der Waals surface area contributed by atoms with Crippen molar-refractivity contribution in [2.45, 2.75) is 57.7 Å². The summed E-state index contributed by atoms with van der Waals surface area (Å²) in [6.45, 7) is 6.96. The predicted octanol–water partition coefficient (Wildman–Crippen LogP) is 1.98. The highest BCUT2D eigenvalue weighted by molar-refractivity contribution is 7.92. The van der Waals surface area contributed by atoms with Crippen molar-refractivity contribution >= 4 is 9.84 Å². The largest absolute Gasteiger partial charge is 0.314 e. The van der Waals surface area contributed by atoms with Crippen LogP contribution < -0.4 is 5.32 Å². The normalized spacial score (nSPS) is 27.2. The molecule has 1 N–H and O–H groups in total. The SMILES string of the molecule is CCNC1CCCC(S(=O)(=O)CC(C)C)C1. The molecule has 1 saturated carbocycles. The predicted molar refractivity (Wildman–Crippen MR) is 68.3 cm³/mol. The average molecular weight is 247 g/mol. The molecular formula is C12H25NO2S. The van der Waals surface area contributed by atoms with Gasteiger partial charge in [0, 0.05) is 6.04 Å². The third-order valence-corrected chi connectivity index (χ3v) is 5.77. The second kappa shape index (κ2) is 6.01. The average Bonchev–Trinajstić information content (AvgIpc) is 2.16. The molecular weight excluding hydrogens is 222 g/mol. The maximum Gasteiger partial charge on any atom is 0.153 e. The highest BCUT2D eigenvalue weighted by Crippen LogP contribution is 2.25. The van der Waals surface area contributed by atoms with Crippen molar-refractivity contribution in [3.05, 3.63) is 0 Å². The molecule has 1 aliphatic carbocycles. The molecule has 0 aromatic heterocycles. The first kappa shape index (κ1) is 14.0. The van der Waals surface area contributed by atoms with Gasteiger partial charge in [-0.1, -0.05) is 27.2 Å². The van der Waals surface area contributed by atoms with Gasteiger partial charge in [0.2, 0.25) is 0 Å². The van der Waals surface area contributed by atoms with Crippen LogP contribution in [0.5, 0.6) is 0 Å². The Labute approximate surface area is 99.9 Å². The molecule has 0 saturated heterocycles. The Balaban J connectivity index is 2.59. The van der Waals surface area contributed by atoms with E-state index in [1.54, 1.807) is 0 Å². The van der Waals surface area contributed by atoms with E-state index < -0.39 is 9.84 Å². The minimum atomic E-state index is -2.87. The van der Waals surface area contributed by atoms with Crippen molar-refractivity contribution in [3.63, 3.8) is 0 Å². The molecule has 96 valence electrons. The fraction of sp³-hybridized carbons (Fsp3) is 1.00. The summed E-state index contributed by atoms with van der Waals surface area (Å²) in [6, 6.07) is 0.408. The molecule has 0 aromatic carbocycles. The molecule has 1 fully saturated rings. The lowest BCUT2D eigenvalue weighted by Gasteiger charge is -2.29. The van der Waals surface area contributed by atoms with Gasteiger partial charge in [0.1, 0.15) is 0 Å². The number of rotatable bonds is 5. The molecule has 0 aliphatic heterocycles. The lowest BCUT2D eigenvalue weighted by atomic mass is 9.95. The van der Waals surface area contributed by atoms with Crippen LogP contribution in [0.2, 0.25) is 0 Å². The zero-order valence-corrected chi connectivity index (χ0v) is 11.5. The van der Waals surface area contributed by atoms with Gasteiger partial charge >= 0.3 is 0 Å². The fourth-order valence-corrected chi connectivity index (χ4v) is 4.80. The van der Waals surface area contributed by atoms with Crippen LogP contribution in [-0.2, 0) is 9.84 Å². The Morgan fingerprint density at radius 1 is 1.31 bits per heavy atom. The first-order valence-corrected chi connectivity index (χ1v) is 8.12. The zero-order valence-electron chi connectivity index (χ0n) is 10.7. The van der Waals surface area contributed by atoms with Gasteiger partial charge in [0.25, 0.3) is 0 Å². The van der Waals surface area contributed by atoms with E-state index in [2.05, 4.69) is 12.2 Å². The molecule has 0 bridgehead atoms. The highest BCUT2D eigenvalue weighted by atomic mass is 32.2. The van der Waals surface area contributed by atoms with E-state index in [-0.39, 0.29) is 11.2 Å². The van der Waals surface area contributed by atoms with E-state index in [4.69, 9.17) is 0 Å². The van der Waals surface area contributed by atoms with Gasteiger partial charge < -0.3 is 5.32 Å². The van der Waals surface area contributed by atoms with E-state index in [0.29, 0.717) is 11.8 Å². The van der Waals surface area contributed by atoms with Gasteiger partial charge in [0.05, 0.1) is 11.0 Å². The van der Waals surface area contributed by atoms with Crippen LogP contribution >= 0.6 is 0 Å². The van der Waals surface area contributed by atoms with Crippen LogP contribution in [0.3, 0.4) is 0 Å². The highest BCUT2D eigenvalue weighted by Gasteiger charge is 2.31. The van der Waals surface area contributed by atoms with Crippen LogP contribution in [0.4, 0.5) is 0 Å². The number of nitrogens with one attached hydrogen (secondary N) is 1. The minimum absolute atomic E-state index is 0.104. The minimum Gasteiger partial charge on any atom is -0.314 e. The van der Waals surface area contributed by atoms with E-state index in [1.807, 2.05) is 13.8 Å². The summed E-state index contributed by atoms with van der Waals surface area (Å²) < 4.78 is 24.2. The Morgan fingerprint density at radius 2 is 2.00 bits per heavy atom. The van der Waals surface area contributed by atoms with E-state index in [1.165, 1.54) is 0 Å². The van der Waals surface area contributed by atoms with Crippen molar-refractivity contribution in [2.24, 2.45) is 5.92 Å². The van der Waals surface area contributed by atoms with Crippen LogP contribution in [0, 0.1) is 5.92 Å². The van der Waals surface area contributed by atoms with Gasteiger partial charge in [-0.15, -0.1) is 0 Å². The summed E-state index contributed by atoms with van der Waals surface area (Å²) in [5, 5.41) is 3.27.